The summed E-state index contributed by atoms with van der Waals surface area (Å²) in [6.45, 7) is 6.13. The molecule has 0 bridgehead atoms. The van der Waals surface area contributed by atoms with Crippen LogP contribution in [0.15, 0.2) is 223 Å². The summed E-state index contributed by atoms with van der Waals surface area (Å²) in [6, 6.07) is 72.6. The van der Waals surface area contributed by atoms with Gasteiger partial charge in [-0.2, -0.15) is 0 Å². The minimum absolute atomic E-state index is 0.911. The quantitative estimate of drug-likeness (QED) is 0.147. The molecule has 0 N–H and O–H groups in total. The molecular weight excluding hydrogens is 791 g/mol. The monoisotopic (exact) mass is 831 g/mol. The van der Waals surface area contributed by atoms with Crippen molar-refractivity contribution < 1.29 is 4.42 Å². The van der Waals surface area contributed by atoms with Gasteiger partial charge in [0.1, 0.15) is 11.2 Å². The van der Waals surface area contributed by atoms with Crippen LogP contribution in [0.25, 0.3) is 122 Å². The van der Waals surface area contributed by atoms with Crippen LogP contribution in [0.5, 0.6) is 0 Å². The average Bonchev–Trinajstić information content (AvgIpc) is 4.09. The molecule has 0 fully saturated rings. The van der Waals surface area contributed by atoms with Crippen LogP contribution in [0.1, 0.15) is 11.3 Å². The van der Waals surface area contributed by atoms with Gasteiger partial charge < -0.3 is 18.1 Å². The Bertz CT molecular complexity index is 4070. The molecule has 4 aromatic heterocycles. The second kappa shape index (κ2) is 14.5. The van der Waals surface area contributed by atoms with Crippen molar-refractivity contribution in [2.45, 2.75) is 6.92 Å². The summed E-state index contributed by atoms with van der Waals surface area (Å²) in [4.78, 5) is 0. The van der Waals surface area contributed by atoms with E-state index in [0.29, 0.717) is 0 Å². The first-order valence-electron chi connectivity index (χ1n) is 22.2. The molecule has 0 amide bonds. The molecule has 0 saturated carbocycles. The second-order valence-corrected chi connectivity index (χ2v) is 17.0. The summed E-state index contributed by atoms with van der Waals surface area (Å²) in [7, 11) is 0. The molecule has 0 aliphatic rings. The fourth-order valence-corrected chi connectivity index (χ4v) is 10.4. The van der Waals surface area contributed by atoms with Gasteiger partial charge in [-0.05, 0) is 120 Å². The van der Waals surface area contributed by atoms with Gasteiger partial charge in [0.15, 0.2) is 0 Å². The van der Waals surface area contributed by atoms with E-state index < -0.39 is 0 Å². The highest BCUT2D eigenvalue weighted by molar-refractivity contribution is 6.13. The molecule has 0 unspecified atom stereocenters. The van der Waals surface area contributed by atoms with Crippen LogP contribution in [-0.4, -0.2) is 13.7 Å². The van der Waals surface area contributed by atoms with E-state index in [2.05, 4.69) is 221 Å². The number of furan rings is 1. The number of aryl methyl sites for hydroxylation is 1. The van der Waals surface area contributed by atoms with Crippen molar-refractivity contribution in [2.24, 2.45) is 0 Å². The zero-order valence-corrected chi connectivity index (χ0v) is 35.7. The maximum absolute atomic E-state index is 6.40. The van der Waals surface area contributed by atoms with Crippen molar-refractivity contribution in [3.8, 4) is 39.3 Å². The smallest absolute Gasteiger partial charge is 0.143 e. The predicted octanol–water partition coefficient (Wildman–Crippen LogP) is 16.6. The largest absolute Gasteiger partial charge is 0.455 e. The van der Waals surface area contributed by atoms with E-state index in [1.54, 1.807) is 0 Å². The van der Waals surface area contributed by atoms with Crippen LogP contribution in [-0.2, 0) is 0 Å². The molecule has 0 atom stereocenters. The Hall–Kier alpha value is -8.60. The average molecular weight is 832 g/mol. The Morgan fingerprint density at radius 2 is 0.862 bits per heavy atom. The van der Waals surface area contributed by atoms with Crippen molar-refractivity contribution in [3.05, 3.63) is 230 Å². The van der Waals surface area contributed by atoms with Crippen LogP contribution in [0.3, 0.4) is 0 Å². The predicted molar refractivity (Wildman–Crippen MR) is 274 cm³/mol. The van der Waals surface area contributed by atoms with Crippen molar-refractivity contribution in [2.75, 3.05) is 0 Å². The van der Waals surface area contributed by atoms with E-state index >= 15 is 0 Å². The molecule has 0 spiro atoms. The zero-order valence-electron chi connectivity index (χ0n) is 35.7. The summed E-state index contributed by atoms with van der Waals surface area (Å²) < 4.78 is 13.5. The lowest BCUT2D eigenvalue weighted by Gasteiger charge is -2.13. The van der Waals surface area contributed by atoms with E-state index in [1.165, 1.54) is 71.2 Å². The summed E-state index contributed by atoms with van der Waals surface area (Å²) in [5.41, 5.74) is 18.1. The van der Waals surface area contributed by atoms with E-state index in [1.807, 2.05) is 24.3 Å². The third-order valence-corrected chi connectivity index (χ3v) is 13.4. The number of rotatable bonds is 7. The van der Waals surface area contributed by atoms with Gasteiger partial charge in [-0.15, -0.1) is 0 Å². The first-order chi connectivity index (χ1) is 32.1. The third kappa shape index (κ3) is 5.64. The summed E-state index contributed by atoms with van der Waals surface area (Å²) in [5, 5.41) is 8.45. The van der Waals surface area contributed by atoms with E-state index in [-0.39, 0.29) is 0 Å². The Labute approximate surface area is 375 Å². The number of fused-ring (bicyclic) bond motifs is 10. The van der Waals surface area contributed by atoms with Gasteiger partial charge in [0.05, 0.1) is 27.6 Å². The number of benzene rings is 9. The molecule has 9 aromatic carbocycles. The normalized spacial score (nSPS) is 12.1. The summed E-state index contributed by atoms with van der Waals surface area (Å²) in [6.07, 6.45) is 6.00. The molecule has 4 heterocycles. The number of hydrogen-bond donors (Lipinski definition) is 0. The molecule has 0 aliphatic carbocycles. The molecule has 0 aliphatic heterocycles. The lowest BCUT2D eigenvalue weighted by molar-refractivity contribution is 0.670. The Morgan fingerprint density at radius 1 is 0.400 bits per heavy atom. The van der Waals surface area contributed by atoms with Gasteiger partial charge in [0.25, 0.3) is 0 Å². The molecule has 306 valence electrons. The topological polar surface area (TPSA) is 27.9 Å². The Balaban J connectivity index is 0.886. The van der Waals surface area contributed by atoms with Crippen LogP contribution >= 0.6 is 0 Å². The fourth-order valence-electron chi connectivity index (χ4n) is 10.4. The molecule has 0 radical (unpaired) electrons. The van der Waals surface area contributed by atoms with Crippen LogP contribution in [0, 0.1) is 6.92 Å². The van der Waals surface area contributed by atoms with Gasteiger partial charge in [-0.3, -0.25) is 0 Å². The van der Waals surface area contributed by atoms with Crippen molar-refractivity contribution in [3.63, 3.8) is 0 Å². The first-order valence-corrected chi connectivity index (χ1v) is 22.2. The van der Waals surface area contributed by atoms with E-state index in [0.717, 1.165) is 55.8 Å². The highest BCUT2D eigenvalue weighted by Gasteiger charge is 2.19. The van der Waals surface area contributed by atoms with Crippen molar-refractivity contribution in [1.29, 1.82) is 0 Å². The Kier molecular flexibility index (Phi) is 8.24. The summed E-state index contributed by atoms with van der Waals surface area (Å²) in [5.74, 6) is 0. The van der Waals surface area contributed by atoms with Gasteiger partial charge in [0.2, 0.25) is 0 Å². The fraction of sp³-hybridized carbons (Fsp3) is 0.0164. The number of hydrogen-bond acceptors (Lipinski definition) is 1. The lowest BCUT2D eigenvalue weighted by Crippen LogP contribution is -1.99. The standard InChI is InChI=1S/C61H41N3O/c1-3-4-20-54-39(2)46-14-5-9-21-55(46)62(54)44-31-33-45(34-32-44)64-57-23-11-7-16-49(57)53-38-42(28-36-59(53)64)41-27-35-58-52(37-41)48-15-6-10-22-56(48)63(58)43-29-25-40(26-30-43)47-18-13-19-51-50-17-8-12-24-60(50)65-61(47)51/h3-38H,1H2,2H3/b20-4-. The lowest BCUT2D eigenvalue weighted by atomic mass is 10.0. The number of allylic oxidation sites excluding steroid dienone is 2. The highest BCUT2D eigenvalue weighted by Crippen LogP contribution is 2.40. The SMILES string of the molecule is C=C/C=C\c1c(C)c2ccccc2n1-c1ccc(-n2c3ccccc3c3cc(-c4ccc5c(c4)c4ccccc4n5-c4ccc(-c5cccc6c5oc5ccccc56)cc4)ccc32)cc1. The molecule has 65 heavy (non-hydrogen) atoms. The number of nitrogens with zero attached hydrogens (tertiary/aromatic N) is 3. The van der Waals surface area contributed by atoms with E-state index in [4.69, 9.17) is 4.42 Å². The Morgan fingerprint density at radius 3 is 1.46 bits per heavy atom. The number of para-hydroxylation sites is 5. The van der Waals surface area contributed by atoms with Crippen LogP contribution < -0.4 is 0 Å². The molecule has 0 saturated heterocycles. The summed E-state index contributed by atoms with van der Waals surface area (Å²) >= 11 is 0. The maximum Gasteiger partial charge on any atom is 0.143 e. The second-order valence-electron chi connectivity index (χ2n) is 17.0. The van der Waals surface area contributed by atoms with Gasteiger partial charge in [-0.25, -0.2) is 0 Å². The van der Waals surface area contributed by atoms with Crippen molar-refractivity contribution >= 4 is 82.5 Å². The highest BCUT2D eigenvalue weighted by atomic mass is 16.3. The zero-order chi connectivity index (χ0) is 43.2. The number of aromatic nitrogens is 3. The molecule has 13 aromatic rings. The molecular formula is C61H41N3O. The minimum atomic E-state index is 0.911. The van der Waals surface area contributed by atoms with Crippen molar-refractivity contribution in [1.82, 2.24) is 13.7 Å². The van der Waals surface area contributed by atoms with Crippen LogP contribution in [0.2, 0.25) is 0 Å². The minimum Gasteiger partial charge on any atom is -0.455 e. The van der Waals surface area contributed by atoms with Gasteiger partial charge in [-0.1, -0.05) is 134 Å². The molecule has 4 heteroatoms. The van der Waals surface area contributed by atoms with Gasteiger partial charge in [0, 0.05) is 66.0 Å². The first kappa shape index (κ1) is 37.0. The van der Waals surface area contributed by atoms with Gasteiger partial charge >= 0.3 is 0 Å². The third-order valence-electron chi connectivity index (χ3n) is 13.4. The van der Waals surface area contributed by atoms with E-state index in [9.17, 15) is 0 Å². The van der Waals surface area contributed by atoms with Crippen LogP contribution in [0.4, 0.5) is 0 Å². The molecule has 4 nitrogen and oxygen atoms in total. The molecule has 13 rings (SSSR count). The maximum atomic E-state index is 6.40.